The lowest BCUT2D eigenvalue weighted by molar-refractivity contribution is -0.110. The fourth-order valence-corrected chi connectivity index (χ4v) is 3.02. The van der Waals surface area contributed by atoms with E-state index in [-0.39, 0.29) is 5.91 Å². The van der Waals surface area contributed by atoms with Gasteiger partial charge in [-0.3, -0.25) is 4.79 Å². The van der Waals surface area contributed by atoms with Crippen LogP contribution < -0.4 is 10.2 Å². The molecule has 4 rings (SSSR count). The minimum Gasteiger partial charge on any atom is -0.378 e. The van der Waals surface area contributed by atoms with Crippen LogP contribution in [0.15, 0.2) is 83.0 Å². The van der Waals surface area contributed by atoms with Gasteiger partial charge in [0.2, 0.25) is 0 Å². The minimum absolute atomic E-state index is 0.0777. The lowest BCUT2D eigenvalue weighted by atomic mass is 10.0. The maximum Gasteiger partial charge on any atom is 0.256 e. The van der Waals surface area contributed by atoms with Crippen LogP contribution in [-0.4, -0.2) is 20.0 Å². The van der Waals surface area contributed by atoms with Crippen molar-refractivity contribution in [2.24, 2.45) is 10.2 Å². The van der Waals surface area contributed by atoms with E-state index in [2.05, 4.69) is 15.5 Å². The Kier molecular flexibility index (Phi) is 4.72. The van der Waals surface area contributed by atoms with Crippen LogP contribution in [0.4, 0.5) is 22.7 Å². The maximum atomic E-state index is 12.2. The van der Waals surface area contributed by atoms with Gasteiger partial charge in [0.25, 0.3) is 5.91 Å². The Labute approximate surface area is 164 Å². The van der Waals surface area contributed by atoms with Crippen molar-refractivity contribution in [2.45, 2.75) is 0 Å². The zero-order chi connectivity index (χ0) is 19.5. The second kappa shape index (κ2) is 7.48. The molecule has 1 aliphatic rings. The number of fused-ring (bicyclic) bond motifs is 1. The third kappa shape index (κ3) is 3.69. The second-order valence-electron chi connectivity index (χ2n) is 6.76. The number of carbonyl (C=O) groups excluding carboxylic acids is 1. The Morgan fingerprint density at radius 2 is 1.43 bits per heavy atom. The molecule has 0 aliphatic carbocycles. The van der Waals surface area contributed by atoms with Crippen LogP contribution in [0, 0.1) is 0 Å². The normalized spacial score (nSPS) is 14.4. The van der Waals surface area contributed by atoms with Gasteiger partial charge in [-0.1, -0.05) is 30.3 Å². The highest BCUT2D eigenvalue weighted by molar-refractivity contribution is 6.34. The number of amides is 1. The molecule has 0 radical (unpaired) electrons. The lowest BCUT2D eigenvalue weighted by Crippen LogP contribution is -2.07. The number of carbonyl (C=O) groups is 1. The molecule has 0 saturated heterocycles. The van der Waals surface area contributed by atoms with Crippen LogP contribution in [0.1, 0.15) is 11.1 Å². The number of hydrogen-bond donors (Lipinski definition) is 1. The molecule has 0 aromatic heterocycles. The highest BCUT2D eigenvalue weighted by Gasteiger charge is 2.23. The van der Waals surface area contributed by atoms with E-state index in [1.807, 2.05) is 97.9 Å². The van der Waals surface area contributed by atoms with Gasteiger partial charge in [0, 0.05) is 36.6 Å². The number of nitrogens with zero attached hydrogens (tertiary/aromatic N) is 3. The van der Waals surface area contributed by atoms with Gasteiger partial charge in [-0.15, -0.1) is 0 Å². The van der Waals surface area contributed by atoms with E-state index in [1.165, 1.54) is 0 Å². The molecular formula is C23H20N4O. The average molecular weight is 368 g/mol. The summed E-state index contributed by atoms with van der Waals surface area (Å²) in [4.78, 5) is 14.3. The molecule has 0 fully saturated rings. The van der Waals surface area contributed by atoms with Gasteiger partial charge in [0.1, 0.15) is 0 Å². The van der Waals surface area contributed by atoms with Crippen molar-refractivity contribution in [1.29, 1.82) is 0 Å². The van der Waals surface area contributed by atoms with Crippen molar-refractivity contribution in [3.05, 3.63) is 83.9 Å². The van der Waals surface area contributed by atoms with Crippen molar-refractivity contribution in [2.75, 3.05) is 24.3 Å². The van der Waals surface area contributed by atoms with Gasteiger partial charge >= 0.3 is 0 Å². The largest absolute Gasteiger partial charge is 0.378 e. The third-order valence-corrected chi connectivity index (χ3v) is 4.56. The van der Waals surface area contributed by atoms with Gasteiger partial charge in [-0.05, 0) is 54.1 Å². The first-order chi connectivity index (χ1) is 13.6. The zero-order valence-corrected chi connectivity index (χ0v) is 15.8. The molecule has 0 atom stereocenters. The number of benzene rings is 3. The van der Waals surface area contributed by atoms with Crippen molar-refractivity contribution in [3.8, 4) is 0 Å². The number of hydrogen-bond acceptors (Lipinski definition) is 4. The van der Waals surface area contributed by atoms with Crippen molar-refractivity contribution in [1.82, 2.24) is 0 Å². The number of rotatable bonds is 4. The highest BCUT2D eigenvalue weighted by atomic mass is 16.2. The molecule has 0 unspecified atom stereocenters. The predicted molar refractivity (Wildman–Crippen MR) is 114 cm³/mol. The summed E-state index contributed by atoms with van der Waals surface area (Å²) in [5.74, 6) is -0.0777. The fraction of sp³-hybridized carbons (Fsp3) is 0.0870. The number of nitrogens with one attached hydrogen (secondary N) is 1. The summed E-state index contributed by atoms with van der Waals surface area (Å²) in [5.41, 5.74) is 6.07. The number of anilines is 2. The van der Waals surface area contributed by atoms with Crippen molar-refractivity contribution < 1.29 is 4.79 Å². The zero-order valence-electron chi connectivity index (χ0n) is 15.8. The van der Waals surface area contributed by atoms with E-state index in [4.69, 9.17) is 0 Å². The Hall–Kier alpha value is -3.73. The maximum absolute atomic E-state index is 12.2. The van der Waals surface area contributed by atoms with E-state index in [0.717, 1.165) is 33.9 Å². The number of para-hydroxylation sites is 1. The van der Waals surface area contributed by atoms with Crippen LogP contribution in [0.5, 0.6) is 0 Å². The summed E-state index contributed by atoms with van der Waals surface area (Å²) < 4.78 is 0. The molecule has 1 aliphatic heterocycles. The van der Waals surface area contributed by atoms with Gasteiger partial charge < -0.3 is 10.2 Å². The summed E-state index contributed by atoms with van der Waals surface area (Å²) >= 11 is 0. The Balaban J connectivity index is 1.51. The van der Waals surface area contributed by atoms with Crippen LogP contribution >= 0.6 is 0 Å². The molecule has 5 nitrogen and oxygen atoms in total. The van der Waals surface area contributed by atoms with Crippen LogP contribution in [0.25, 0.3) is 11.6 Å². The smallest absolute Gasteiger partial charge is 0.256 e. The summed E-state index contributed by atoms with van der Waals surface area (Å²) in [5, 5.41) is 11.4. The quantitative estimate of drug-likeness (QED) is 0.477. The van der Waals surface area contributed by atoms with Crippen LogP contribution in [0.3, 0.4) is 0 Å². The third-order valence-electron chi connectivity index (χ3n) is 4.56. The summed E-state index contributed by atoms with van der Waals surface area (Å²) in [7, 11) is 4.00. The van der Waals surface area contributed by atoms with Crippen molar-refractivity contribution in [3.63, 3.8) is 0 Å². The van der Waals surface area contributed by atoms with E-state index in [0.29, 0.717) is 5.57 Å². The highest BCUT2D eigenvalue weighted by Crippen LogP contribution is 2.33. The molecule has 5 heteroatoms. The van der Waals surface area contributed by atoms with Crippen molar-refractivity contribution >= 4 is 40.3 Å². The molecule has 138 valence electrons. The Morgan fingerprint density at radius 1 is 0.821 bits per heavy atom. The molecule has 1 N–H and O–H groups in total. The minimum atomic E-state index is -0.0777. The van der Waals surface area contributed by atoms with E-state index >= 15 is 0 Å². The number of azo groups is 1. The average Bonchev–Trinajstić information content (AvgIpc) is 3.03. The fourth-order valence-electron chi connectivity index (χ4n) is 3.02. The van der Waals surface area contributed by atoms with Gasteiger partial charge in [0.15, 0.2) is 0 Å². The molecule has 3 aromatic carbocycles. The summed E-state index contributed by atoms with van der Waals surface area (Å²) in [6.07, 6.45) is 1.89. The first kappa shape index (κ1) is 17.7. The first-order valence-corrected chi connectivity index (χ1v) is 9.02. The monoisotopic (exact) mass is 368 g/mol. The van der Waals surface area contributed by atoms with E-state index < -0.39 is 0 Å². The molecule has 0 bridgehead atoms. The molecule has 3 aromatic rings. The lowest BCUT2D eigenvalue weighted by Gasteiger charge is -2.11. The standard InChI is InChI=1S/C23H20N4O/c1-27(2)19-13-11-18(12-14-19)26-25-17-9-7-16(8-10-17)15-21-20-5-3-4-6-22(20)24-23(21)28/h3-15H,1-2H3,(H,24,28)/b21-15+,26-25?. The molecule has 0 spiro atoms. The Bertz CT molecular complexity index is 1060. The van der Waals surface area contributed by atoms with Gasteiger partial charge in [0.05, 0.1) is 11.4 Å². The SMILES string of the molecule is CN(C)c1ccc(N=Nc2ccc(/C=C3/C(=O)Nc4ccccc43)cc2)cc1. The molecule has 0 saturated carbocycles. The van der Waals surface area contributed by atoms with E-state index in [1.54, 1.807) is 0 Å². The van der Waals surface area contributed by atoms with Gasteiger partial charge in [-0.25, -0.2) is 0 Å². The molecular weight excluding hydrogens is 348 g/mol. The first-order valence-electron chi connectivity index (χ1n) is 9.02. The second-order valence-corrected chi connectivity index (χ2v) is 6.76. The summed E-state index contributed by atoms with van der Waals surface area (Å²) in [6.45, 7) is 0. The van der Waals surface area contributed by atoms with Crippen LogP contribution in [0.2, 0.25) is 0 Å². The molecule has 1 amide bonds. The summed E-state index contributed by atoms with van der Waals surface area (Å²) in [6, 6.07) is 23.2. The van der Waals surface area contributed by atoms with Gasteiger partial charge in [-0.2, -0.15) is 10.2 Å². The topological polar surface area (TPSA) is 57.1 Å². The molecule has 1 heterocycles. The van der Waals surface area contributed by atoms with Crippen LogP contribution in [-0.2, 0) is 4.79 Å². The predicted octanol–water partition coefficient (Wildman–Crippen LogP) is 5.66. The van der Waals surface area contributed by atoms with E-state index in [9.17, 15) is 4.79 Å². The Morgan fingerprint density at radius 3 is 2.07 bits per heavy atom. The molecule has 28 heavy (non-hydrogen) atoms.